The number of methoxy groups -OCH3 is 1. The third-order valence-electron chi connectivity index (χ3n) is 7.02. The molecule has 144 valence electrons. The molecule has 0 radical (unpaired) electrons. The van der Waals surface area contributed by atoms with Gasteiger partial charge in [0.1, 0.15) is 5.69 Å². The van der Waals surface area contributed by atoms with Gasteiger partial charge in [-0.3, -0.25) is 15.2 Å². The van der Waals surface area contributed by atoms with Gasteiger partial charge >= 0.3 is 5.97 Å². The summed E-state index contributed by atoms with van der Waals surface area (Å²) in [7, 11) is 1.47. The molecule has 5 heteroatoms. The predicted molar refractivity (Wildman–Crippen MR) is 99.7 cm³/mol. The van der Waals surface area contributed by atoms with Gasteiger partial charge in [0.15, 0.2) is 0 Å². The minimum absolute atomic E-state index is 0.123. The highest BCUT2D eigenvalue weighted by atomic mass is 16.8. The summed E-state index contributed by atoms with van der Waals surface area (Å²) in [6, 6.07) is 4.16. The molecule has 0 aromatic heterocycles. The second-order valence-corrected chi connectivity index (χ2v) is 8.74. The summed E-state index contributed by atoms with van der Waals surface area (Å²) in [5, 5.41) is 20.2. The lowest BCUT2D eigenvalue weighted by Crippen LogP contribution is -2.52. The molecule has 1 fully saturated rings. The van der Waals surface area contributed by atoms with Crippen LogP contribution in [0.4, 0.5) is 5.69 Å². The van der Waals surface area contributed by atoms with Gasteiger partial charge in [0.25, 0.3) is 0 Å². The molecule has 0 spiro atoms. The first-order valence-electron chi connectivity index (χ1n) is 9.59. The Labute approximate surface area is 155 Å². The van der Waals surface area contributed by atoms with Crippen molar-refractivity contribution in [3.8, 4) is 0 Å². The quantitative estimate of drug-likeness (QED) is 0.609. The molecule has 3 rings (SSSR count). The van der Waals surface area contributed by atoms with Crippen LogP contribution in [0.15, 0.2) is 12.1 Å². The van der Waals surface area contributed by atoms with Crippen molar-refractivity contribution in [3.63, 3.8) is 0 Å². The van der Waals surface area contributed by atoms with Gasteiger partial charge in [-0.25, -0.2) is 0 Å². The smallest absolute Gasteiger partial charge is 0.311 e. The van der Waals surface area contributed by atoms with E-state index in [0.717, 1.165) is 48.8 Å². The summed E-state index contributed by atoms with van der Waals surface area (Å²) < 4.78 is 5.16. The van der Waals surface area contributed by atoms with Crippen LogP contribution in [0.5, 0.6) is 0 Å². The second kappa shape index (κ2) is 6.54. The Morgan fingerprint density at radius 1 is 1.27 bits per heavy atom. The fourth-order valence-corrected chi connectivity index (χ4v) is 5.74. The number of rotatable bonds is 3. The highest BCUT2D eigenvalue weighted by molar-refractivity contribution is 5.77. The minimum atomic E-state index is -0.492. The van der Waals surface area contributed by atoms with E-state index in [1.54, 1.807) is 0 Å². The Kier molecular flexibility index (Phi) is 4.82. The molecule has 0 bridgehead atoms. The highest BCUT2D eigenvalue weighted by Crippen LogP contribution is 2.58. The van der Waals surface area contributed by atoms with Crippen LogP contribution in [0.25, 0.3) is 0 Å². The number of esters is 1. The molecule has 1 saturated carbocycles. The zero-order valence-corrected chi connectivity index (χ0v) is 16.5. The van der Waals surface area contributed by atoms with Gasteiger partial charge in [-0.15, -0.1) is 5.23 Å². The van der Waals surface area contributed by atoms with Crippen molar-refractivity contribution in [1.82, 2.24) is 0 Å². The lowest BCUT2D eigenvalue weighted by Gasteiger charge is -2.54. The van der Waals surface area contributed by atoms with E-state index in [4.69, 9.17) is 4.74 Å². The number of anilines is 1. The van der Waals surface area contributed by atoms with Crippen LogP contribution in [-0.4, -0.2) is 23.5 Å². The van der Waals surface area contributed by atoms with Gasteiger partial charge in [-0.05, 0) is 66.5 Å². The number of hydrogen-bond donors (Lipinski definition) is 2. The van der Waals surface area contributed by atoms with Crippen LogP contribution in [-0.2, 0) is 21.4 Å². The largest absolute Gasteiger partial charge is 0.469 e. The first-order valence-corrected chi connectivity index (χ1v) is 9.59. The van der Waals surface area contributed by atoms with E-state index in [-0.39, 0.29) is 23.2 Å². The lowest BCUT2D eigenvalue weighted by atomic mass is 9.49. The molecule has 0 aliphatic heterocycles. The van der Waals surface area contributed by atoms with E-state index >= 15 is 0 Å². The molecule has 1 aromatic carbocycles. The van der Waals surface area contributed by atoms with E-state index in [1.165, 1.54) is 7.11 Å². The van der Waals surface area contributed by atoms with Gasteiger partial charge in [-0.1, -0.05) is 39.3 Å². The number of carbonyl (C=O) groups is 1. The van der Waals surface area contributed by atoms with E-state index in [1.807, 2.05) is 13.0 Å². The Bertz CT molecular complexity index is 714. The number of carbonyl (C=O) groups excluding carboxylic acids is 1. The summed E-state index contributed by atoms with van der Waals surface area (Å²) in [6.07, 6.45) is 4.38. The fraction of sp³-hybridized carbons (Fsp3) is 0.667. The van der Waals surface area contributed by atoms with Crippen molar-refractivity contribution < 1.29 is 19.9 Å². The molecule has 0 heterocycles. The molecule has 1 aromatic rings. The molecule has 0 saturated heterocycles. The summed E-state index contributed by atoms with van der Waals surface area (Å²) in [5.41, 5.74) is 2.94. The lowest BCUT2D eigenvalue weighted by molar-refractivity contribution is -0.161. The Morgan fingerprint density at radius 2 is 1.96 bits per heavy atom. The molecule has 3 atom stereocenters. The van der Waals surface area contributed by atoms with Crippen molar-refractivity contribution >= 4 is 11.7 Å². The molecular formula is C21H31NO4. The molecular weight excluding hydrogens is 330 g/mol. The third-order valence-corrected chi connectivity index (χ3v) is 7.02. The summed E-state index contributed by atoms with van der Waals surface area (Å²) in [6.45, 7) is 8.38. The zero-order chi connectivity index (χ0) is 19.3. The summed E-state index contributed by atoms with van der Waals surface area (Å²) >= 11 is 0. The zero-order valence-electron chi connectivity index (χ0n) is 16.5. The summed E-state index contributed by atoms with van der Waals surface area (Å²) in [5.74, 6) is 0.253. The monoisotopic (exact) mass is 361 g/mol. The first-order chi connectivity index (χ1) is 12.2. The number of ether oxygens (including phenoxy) is 1. The van der Waals surface area contributed by atoms with Crippen molar-refractivity contribution in [2.75, 3.05) is 12.3 Å². The Hall–Kier alpha value is -1.59. The molecule has 5 nitrogen and oxygen atoms in total. The van der Waals surface area contributed by atoms with E-state index in [2.05, 4.69) is 26.8 Å². The Morgan fingerprint density at radius 3 is 2.54 bits per heavy atom. The van der Waals surface area contributed by atoms with Crippen molar-refractivity contribution in [1.29, 1.82) is 0 Å². The second-order valence-electron chi connectivity index (χ2n) is 8.74. The van der Waals surface area contributed by atoms with Gasteiger partial charge in [0.2, 0.25) is 0 Å². The molecule has 2 N–H and O–H groups in total. The van der Waals surface area contributed by atoms with Gasteiger partial charge in [-0.2, -0.15) is 0 Å². The standard InChI is InChI=1S/C21H31NO4/c1-13(2)14-7-9-16-15(18(14)22(24)25)8-10-17-20(16,3)11-6-12-21(17,4)19(23)26-5/h7,9,13,17,24-25H,6,8,10-12H2,1-5H3. The SMILES string of the molecule is COC(=O)C1(C)CCCC2(C)c3ccc(C(C)C)c(N(O)O)c3CCC12. The number of nitrogens with zero attached hydrogens (tertiary/aromatic N) is 1. The predicted octanol–water partition coefficient (Wildman–Crippen LogP) is 4.58. The first kappa shape index (κ1) is 19.2. The highest BCUT2D eigenvalue weighted by Gasteiger charge is 2.56. The fourth-order valence-electron chi connectivity index (χ4n) is 5.74. The molecule has 0 amide bonds. The van der Waals surface area contributed by atoms with Crippen LogP contribution >= 0.6 is 0 Å². The average molecular weight is 361 g/mol. The molecule has 3 unspecified atom stereocenters. The van der Waals surface area contributed by atoms with E-state index in [0.29, 0.717) is 10.9 Å². The number of fused-ring (bicyclic) bond motifs is 3. The van der Waals surface area contributed by atoms with Crippen LogP contribution in [0.3, 0.4) is 0 Å². The van der Waals surface area contributed by atoms with Crippen LogP contribution in [0.1, 0.15) is 76.0 Å². The molecule has 2 aliphatic carbocycles. The van der Waals surface area contributed by atoms with Crippen LogP contribution < -0.4 is 5.23 Å². The van der Waals surface area contributed by atoms with Crippen molar-refractivity contribution in [2.24, 2.45) is 11.3 Å². The van der Waals surface area contributed by atoms with Gasteiger partial charge in [0.05, 0.1) is 12.5 Å². The van der Waals surface area contributed by atoms with E-state index < -0.39 is 5.41 Å². The third kappa shape index (κ3) is 2.64. The minimum Gasteiger partial charge on any atom is -0.469 e. The van der Waals surface area contributed by atoms with Gasteiger partial charge < -0.3 is 4.74 Å². The number of hydrogen-bond acceptors (Lipinski definition) is 5. The maximum Gasteiger partial charge on any atom is 0.311 e. The maximum absolute atomic E-state index is 12.6. The van der Waals surface area contributed by atoms with Crippen molar-refractivity contribution in [2.45, 2.75) is 71.1 Å². The van der Waals surface area contributed by atoms with E-state index in [9.17, 15) is 15.2 Å². The molecule has 26 heavy (non-hydrogen) atoms. The topological polar surface area (TPSA) is 70.0 Å². The maximum atomic E-state index is 12.6. The Balaban J connectivity index is 2.17. The molecule has 2 aliphatic rings. The van der Waals surface area contributed by atoms with Crippen LogP contribution in [0, 0.1) is 11.3 Å². The van der Waals surface area contributed by atoms with Crippen LogP contribution in [0.2, 0.25) is 0 Å². The normalized spacial score (nSPS) is 30.5. The van der Waals surface area contributed by atoms with Gasteiger partial charge in [0, 0.05) is 0 Å². The average Bonchev–Trinajstić information content (AvgIpc) is 2.59. The summed E-state index contributed by atoms with van der Waals surface area (Å²) in [4.78, 5) is 12.6. The number of benzene rings is 1. The van der Waals surface area contributed by atoms with Crippen molar-refractivity contribution in [3.05, 3.63) is 28.8 Å².